The molecule has 1 aliphatic heterocycles. The van der Waals surface area contributed by atoms with E-state index in [2.05, 4.69) is 25.2 Å². The molecule has 0 spiro atoms. The zero-order chi connectivity index (χ0) is 14.2. The van der Waals surface area contributed by atoms with Gasteiger partial charge in [0.25, 0.3) is 0 Å². The van der Waals surface area contributed by atoms with Crippen LogP contribution in [0.3, 0.4) is 0 Å². The van der Waals surface area contributed by atoms with Crippen molar-refractivity contribution in [2.24, 2.45) is 0 Å². The van der Waals surface area contributed by atoms with Gasteiger partial charge >= 0.3 is 0 Å². The number of hydrogen-bond acceptors (Lipinski definition) is 7. The van der Waals surface area contributed by atoms with Gasteiger partial charge in [-0.3, -0.25) is 4.90 Å². The maximum Gasteiger partial charge on any atom is 0.240 e. The standard InChI is InChI=1S/C14H19N5O2/c1-2-11-15-12(20-17-11)8-19-7-3-4-10(19)13-16-14(21-18-13)9-5-6-9/h9-10H,2-8H2,1H3/t10-/m0/s1. The lowest BCUT2D eigenvalue weighted by atomic mass is 10.2. The Morgan fingerprint density at radius 2 is 2.05 bits per heavy atom. The molecule has 0 amide bonds. The van der Waals surface area contributed by atoms with Crippen LogP contribution in [0.2, 0.25) is 0 Å². The van der Waals surface area contributed by atoms with E-state index < -0.39 is 0 Å². The molecule has 0 unspecified atom stereocenters. The Morgan fingerprint density at radius 1 is 1.14 bits per heavy atom. The topological polar surface area (TPSA) is 81.1 Å². The van der Waals surface area contributed by atoms with E-state index in [1.165, 1.54) is 12.8 Å². The van der Waals surface area contributed by atoms with Gasteiger partial charge in [0, 0.05) is 12.3 Å². The van der Waals surface area contributed by atoms with E-state index in [-0.39, 0.29) is 6.04 Å². The average Bonchev–Trinajstić information content (AvgIpc) is 2.95. The van der Waals surface area contributed by atoms with Crippen molar-refractivity contribution in [1.29, 1.82) is 0 Å². The quantitative estimate of drug-likeness (QED) is 0.834. The highest BCUT2D eigenvalue weighted by molar-refractivity contribution is 5.05. The molecule has 4 rings (SSSR count). The van der Waals surface area contributed by atoms with E-state index in [0.717, 1.165) is 43.3 Å². The summed E-state index contributed by atoms with van der Waals surface area (Å²) >= 11 is 0. The Balaban J connectivity index is 1.48. The molecular weight excluding hydrogens is 270 g/mol. The van der Waals surface area contributed by atoms with Crippen LogP contribution in [0, 0.1) is 0 Å². The number of rotatable bonds is 5. The van der Waals surface area contributed by atoms with Crippen LogP contribution >= 0.6 is 0 Å². The molecule has 2 aromatic rings. The molecule has 3 heterocycles. The van der Waals surface area contributed by atoms with E-state index in [9.17, 15) is 0 Å². The molecule has 1 aliphatic carbocycles. The summed E-state index contributed by atoms with van der Waals surface area (Å²) in [6, 6.07) is 0.207. The summed E-state index contributed by atoms with van der Waals surface area (Å²) in [6.45, 7) is 3.68. The van der Waals surface area contributed by atoms with Gasteiger partial charge in [-0.05, 0) is 32.2 Å². The minimum atomic E-state index is 0.207. The highest BCUT2D eigenvalue weighted by atomic mass is 16.5. The molecule has 7 heteroatoms. The molecule has 0 bridgehead atoms. The van der Waals surface area contributed by atoms with E-state index in [4.69, 9.17) is 9.05 Å². The molecule has 112 valence electrons. The van der Waals surface area contributed by atoms with Gasteiger partial charge < -0.3 is 9.05 Å². The number of aromatic nitrogens is 4. The van der Waals surface area contributed by atoms with Crippen LogP contribution in [0.4, 0.5) is 0 Å². The first kappa shape index (κ1) is 12.9. The molecule has 0 N–H and O–H groups in total. The first-order valence-corrected chi connectivity index (χ1v) is 7.72. The zero-order valence-electron chi connectivity index (χ0n) is 12.2. The molecule has 1 saturated carbocycles. The molecular formula is C14H19N5O2. The van der Waals surface area contributed by atoms with E-state index >= 15 is 0 Å². The van der Waals surface area contributed by atoms with Gasteiger partial charge in [-0.2, -0.15) is 9.97 Å². The van der Waals surface area contributed by atoms with E-state index in [0.29, 0.717) is 18.4 Å². The fourth-order valence-corrected chi connectivity index (χ4v) is 2.86. The van der Waals surface area contributed by atoms with E-state index in [1.807, 2.05) is 6.92 Å². The SMILES string of the molecule is CCc1noc(CN2CCC[C@H]2c2noc(C3CC3)n2)n1. The van der Waals surface area contributed by atoms with Gasteiger partial charge in [0.2, 0.25) is 11.8 Å². The highest BCUT2D eigenvalue weighted by Crippen LogP contribution is 2.40. The third-order valence-corrected chi connectivity index (χ3v) is 4.21. The van der Waals surface area contributed by atoms with Crippen molar-refractivity contribution in [3.8, 4) is 0 Å². The lowest BCUT2D eigenvalue weighted by Gasteiger charge is -2.19. The first-order chi connectivity index (χ1) is 10.3. The van der Waals surface area contributed by atoms with Gasteiger partial charge in [-0.15, -0.1) is 0 Å². The summed E-state index contributed by atoms with van der Waals surface area (Å²) in [7, 11) is 0. The maximum atomic E-state index is 5.38. The normalized spacial score (nSPS) is 23.0. The molecule has 1 saturated heterocycles. The summed E-state index contributed by atoms with van der Waals surface area (Å²) in [5.41, 5.74) is 0. The second kappa shape index (κ2) is 5.22. The van der Waals surface area contributed by atoms with Crippen molar-refractivity contribution in [3.05, 3.63) is 23.4 Å². The molecule has 2 fully saturated rings. The zero-order valence-corrected chi connectivity index (χ0v) is 12.2. The van der Waals surface area contributed by atoms with Crippen molar-refractivity contribution in [1.82, 2.24) is 25.2 Å². The van der Waals surface area contributed by atoms with Crippen LogP contribution in [-0.2, 0) is 13.0 Å². The van der Waals surface area contributed by atoms with Crippen LogP contribution < -0.4 is 0 Å². The fourth-order valence-electron chi connectivity index (χ4n) is 2.86. The van der Waals surface area contributed by atoms with Crippen LogP contribution in [0.15, 0.2) is 9.05 Å². The lowest BCUT2D eigenvalue weighted by Crippen LogP contribution is -2.23. The summed E-state index contributed by atoms with van der Waals surface area (Å²) < 4.78 is 10.7. The Hall–Kier alpha value is -1.76. The highest BCUT2D eigenvalue weighted by Gasteiger charge is 2.34. The molecule has 0 aromatic carbocycles. The minimum absolute atomic E-state index is 0.207. The third-order valence-electron chi connectivity index (χ3n) is 4.21. The number of nitrogens with zero attached hydrogens (tertiary/aromatic N) is 5. The monoisotopic (exact) mass is 289 g/mol. The van der Waals surface area contributed by atoms with Gasteiger partial charge in [-0.1, -0.05) is 17.2 Å². The van der Waals surface area contributed by atoms with Crippen molar-refractivity contribution >= 4 is 0 Å². The Kier molecular flexibility index (Phi) is 3.21. The first-order valence-electron chi connectivity index (χ1n) is 7.72. The van der Waals surface area contributed by atoms with Crippen molar-refractivity contribution in [3.63, 3.8) is 0 Å². The lowest BCUT2D eigenvalue weighted by molar-refractivity contribution is 0.202. The van der Waals surface area contributed by atoms with Crippen LogP contribution in [0.5, 0.6) is 0 Å². The predicted octanol–water partition coefficient (Wildman–Crippen LogP) is 2.23. The average molecular weight is 289 g/mol. The summed E-state index contributed by atoms with van der Waals surface area (Å²) in [5, 5.41) is 8.13. The Morgan fingerprint density at radius 3 is 2.81 bits per heavy atom. The van der Waals surface area contributed by atoms with Crippen molar-refractivity contribution < 1.29 is 9.05 Å². The van der Waals surface area contributed by atoms with Crippen molar-refractivity contribution in [2.75, 3.05) is 6.54 Å². The third kappa shape index (κ3) is 2.57. The molecule has 21 heavy (non-hydrogen) atoms. The van der Waals surface area contributed by atoms with Gasteiger partial charge in [0.05, 0.1) is 12.6 Å². The second-order valence-electron chi connectivity index (χ2n) is 5.85. The fraction of sp³-hybridized carbons (Fsp3) is 0.714. The Bertz CT molecular complexity index is 618. The van der Waals surface area contributed by atoms with Gasteiger partial charge in [0.15, 0.2) is 11.6 Å². The van der Waals surface area contributed by atoms with Crippen LogP contribution in [-0.4, -0.2) is 31.7 Å². The molecule has 2 aromatic heterocycles. The predicted molar refractivity (Wildman–Crippen MR) is 72.3 cm³/mol. The summed E-state index contributed by atoms with van der Waals surface area (Å²) in [5.74, 6) is 3.55. The number of aryl methyl sites for hydroxylation is 1. The van der Waals surface area contributed by atoms with Crippen LogP contribution in [0.25, 0.3) is 0 Å². The summed E-state index contributed by atoms with van der Waals surface area (Å²) in [6.07, 6.45) is 5.34. The van der Waals surface area contributed by atoms with Gasteiger partial charge in [0.1, 0.15) is 0 Å². The minimum Gasteiger partial charge on any atom is -0.339 e. The molecule has 7 nitrogen and oxygen atoms in total. The number of hydrogen-bond donors (Lipinski definition) is 0. The second-order valence-corrected chi connectivity index (χ2v) is 5.85. The Labute approximate surface area is 122 Å². The maximum absolute atomic E-state index is 5.38. The number of likely N-dealkylation sites (tertiary alicyclic amines) is 1. The van der Waals surface area contributed by atoms with Crippen LogP contribution in [0.1, 0.15) is 68.0 Å². The van der Waals surface area contributed by atoms with Crippen molar-refractivity contribution in [2.45, 2.75) is 57.5 Å². The molecule has 1 atom stereocenters. The molecule has 2 aliphatic rings. The summed E-state index contributed by atoms with van der Waals surface area (Å²) in [4.78, 5) is 11.3. The van der Waals surface area contributed by atoms with Gasteiger partial charge in [-0.25, -0.2) is 0 Å². The molecule has 0 radical (unpaired) electrons. The largest absolute Gasteiger partial charge is 0.339 e. The smallest absolute Gasteiger partial charge is 0.240 e. The van der Waals surface area contributed by atoms with E-state index in [1.54, 1.807) is 0 Å².